The van der Waals surface area contributed by atoms with Crippen molar-refractivity contribution in [1.82, 2.24) is 4.90 Å². The maximum Gasteiger partial charge on any atom is 0.411 e. The number of phenolic OH excluding ortho intramolecular Hbond substituents is 2. The number of carbonyl (C=O) groups is 2. The number of hydrogen-bond donors (Lipinski definition) is 3. The number of carboxylic acid groups (broad SMARTS) is 1. The summed E-state index contributed by atoms with van der Waals surface area (Å²) in [7, 11) is 0. The molecule has 1 aromatic carbocycles. The lowest BCUT2D eigenvalue weighted by Gasteiger charge is -2.38. The van der Waals surface area contributed by atoms with Crippen LogP contribution in [0.4, 0.5) is 4.79 Å². The molecule has 7 heteroatoms. The Hall–Kier alpha value is -2.44. The summed E-state index contributed by atoms with van der Waals surface area (Å²) in [5, 5.41) is 29.0. The minimum Gasteiger partial charge on any atom is -0.508 e. The van der Waals surface area contributed by atoms with Gasteiger partial charge in [0.1, 0.15) is 17.1 Å². The lowest BCUT2D eigenvalue weighted by molar-refractivity contribution is -0.150. The number of nitrogens with zero attached hydrogens (tertiary/aromatic N) is 1. The summed E-state index contributed by atoms with van der Waals surface area (Å²) >= 11 is 0. The molecule has 0 aliphatic heterocycles. The van der Waals surface area contributed by atoms with Crippen molar-refractivity contribution < 1.29 is 29.6 Å². The van der Waals surface area contributed by atoms with E-state index in [1.54, 1.807) is 27.7 Å². The van der Waals surface area contributed by atoms with Gasteiger partial charge < -0.3 is 20.1 Å². The molecule has 0 saturated carbocycles. The fraction of sp³-hybridized carbons (Fsp3) is 0.500. The van der Waals surface area contributed by atoms with Crippen LogP contribution in [0.2, 0.25) is 0 Å². The fourth-order valence-corrected chi connectivity index (χ4v) is 2.22. The number of aliphatic carboxylic acids is 1. The van der Waals surface area contributed by atoms with Gasteiger partial charge in [0, 0.05) is 12.6 Å². The SMILES string of the molecule is CCN(C(=O)OC(C)(C)C)C(C)(C(=O)O)c1cc(O)cc(O)c1. The van der Waals surface area contributed by atoms with E-state index >= 15 is 0 Å². The monoisotopic (exact) mass is 325 g/mol. The number of rotatable bonds is 4. The van der Waals surface area contributed by atoms with Crippen LogP contribution in [0.5, 0.6) is 11.5 Å². The van der Waals surface area contributed by atoms with E-state index in [0.29, 0.717) is 0 Å². The number of amides is 1. The molecule has 23 heavy (non-hydrogen) atoms. The molecule has 0 fully saturated rings. The maximum atomic E-state index is 12.4. The van der Waals surface area contributed by atoms with E-state index in [0.717, 1.165) is 11.0 Å². The van der Waals surface area contributed by atoms with Crippen LogP contribution in [-0.4, -0.2) is 44.4 Å². The van der Waals surface area contributed by atoms with Crippen LogP contribution in [-0.2, 0) is 15.1 Å². The summed E-state index contributed by atoms with van der Waals surface area (Å²) in [6, 6.07) is 3.47. The second-order valence-electron chi connectivity index (χ2n) is 6.34. The van der Waals surface area contributed by atoms with E-state index in [1.165, 1.54) is 19.1 Å². The number of hydrogen-bond acceptors (Lipinski definition) is 5. The highest BCUT2D eigenvalue weighted by Gasteiger charge is 2.45. The fourth-order valence-electron chi connectivity index (χ4n) is 2.22. The van der Waals surface area contributed by atoms with Gasteiger partial charge in [0.2, 0.25) is 0 Å². The van der Waals surface area contributed by atoms with Gasteiger partial charge in [0.25, 0.3) is 0 Å². The predicted octanol–water partition coefficient (Wildman–Crippen LogP) is 2.65. The molecule has 0 saturated heterocycles. The van der Waals surface area contributed by atoms with E-state index in [2.05, 4.69) is 0 Å². The number of carboxylic acids is 1. The largest absolute Gasteiger partial charge is 0.508 e. The van der Waals surface area contributed by atoms with E-state index < -0.39 is 23.2 Å². The number of phenols is 2. The topological polar surface area (TPSA) is 107 Å². The van der Waals surface area contributed by atoms with Crippen LogP contribution in [0.3, 0.4) is 0 Å². The lowest BCUT2D eigenvalue weighted by Crippen LogP contribution is -2.53. The summed E-state index contributed by atoms with van der Waals surface area (Å²) < 4.78 is 5.27. The van der Waals surface area contributed by atoms with E-state index in [9.17, 15) is 24.9 Å². The molecule has 0 bridgehead atoms. The van der Waals surface area contributed by atoms with Crippen LogP contribution in [0, 0.1) is 0 Å². The van der Waals surface area contributed by atoms with Crippen molar-refractivity contribution in [3.8, 4) is 11.5 Å². The Morgan fingerprint density at radius 1 is 1.09 bits per heavy atom. The normalized spacial score (nSPS) is 14.0. The lowest BCUT2D eigenvalue weighted by atomic mass is 9.89. The van der Waals surface area contributed by atoms with Gasteiger partial charge in [-0.2, -0.15) is 0 Å². The van der Waals surface area contributed by atoms with Gasteiger partial charge in [-0.1, -0.05) is 0 Å². The smallest absolute Gasteiger partial charge is 0.411 e. The quantitative estimate of drug-likeness (QED) is 0.785. The third-order valence-electron chi connectivity index (χ3n) is 3.35. The summed E-state index contributed by atoms with van der Waals surface area (Å²) in [5.74, 6) is -1.91. The molecule has 1 rings (SSSR count). The van der Waals surface area contributed by atoms with Crippen molar-refractivity contribution in [3.05, 3.63) is 23.8 Å². The van der Waals surface area contributed by atoms with Crippen LogP contribution < -0.4 is 0 Å². The average Bonchev–Trinajstić information content (AvgIpc) is 2.35. The highest BCUT2D eigenvalue weighted by molar-refractivity contribution is 5.86. The first-order valence-corrected chi connectivity index (χ1v) is 7.19. The van der Waals surface area contributed by atoms with Crippen LogP contribution >= 0.6 is 0 Å². The number of carbonyl (C=O) groups excluding carboxylic acids is 1. The second kappa shape index (κ2) is 6.36. The minimum atomic E-state index is -1.81. The minimum absolute atomic E-state index is 0.0636. The first-order valence-electron chi connectivity index (χ1n) is 7.19. The first kappa shape index (κ1) is 18.6. The Balaban J connectivity index is 3.41. The van der Waals surface area contributed by atoms with Crippen molar-refractivity contribution in [2.24, 2.45) is 0 Å². The van der Waals surface area contributed by atoms with Crippen molar-refractivity contribution in [2.45, 2.75) is 45.8 Å². The molecule has 0 heterocycles. The van der Waals surface area contributed by atoms with Gasteiger partial charge in [0.05, 0.1) is 0 Å². The molecule has 0 aliphatic carbocycles. The Morgan fingerprint density at radius 3 is 1.91 bits per heavy atom. The number of benzene rings is 1. The molecular weight excluding hydrogens is 302 g/mol. The molecule has 1 atom stereocenters. The van der Waals surface area contributed by atoms with Gasteiger partial charge in [0.15, 0.2) is 5.54 Å². The van der Waals surface area contributed by atoms with Crippen LogP contribution in [0.15, 0.2) is 18.2 Å². The van der Waals surface area contributed by atoms with Crippen molar-refractivity contribution in [2.75, 3.05) is 6.54 Å². The maximum absolute atomic E-state index is 12.4. The van der Waals surface area contributed by atoms with Gasteiger partial charge in [-0.15, -0.1) is 0 Å². The van der Waals surface area contributed by atoms with Crippen molar-refractivity contribution >= 4 is 12.1 Å². The average molecular weight is 325 g/mol. The van der Waals surface area contributed by atoms with Crippen molar-refractivity contribution in [1.29, 1.82) is 0 Å². The Labute approximate surface area is 135 Å². The first-order chi connectivity index (χ1) is 10.4. The molecule has 0 aliphatic rings. The highest BCUT2D eigenvalue weighted by Crippen LogP contribution is 2.34. The second-order valence-corrected chi connectivity index (χ2v) is 6.34. The van der Waals surface area contributed by atoms with Gasteiger partial charge in [-0.05, 0) is 52.3 Å². The summed E-state index contributed by atoms with van der Waals surface area (Å²) in [5.41, 5.74) is -2.53. The summed E-state index contributed by atoms with van der Waals surface area (Å²) in [6.07, 6.45) is -0.798. The van der Waals surface area contributed by atoms with Crippen LogP contribution in [0.25, 0.3) is 0 Å². The zero-order valence-electron chi connectivity index (χ0n) is 14.0. The molecule has 0 aromatic heterocycles. The molecule has 0 radical (unpaired) electrons. The highest BCUT2D eigenvalue weighted by atomic mass is 16.6. The van der Waals surface area contributed by atoms with E-state index in [1.807, 2.05) is 0 Å². The van der Waals surface area contributed by atoms with Crippen molar-refractivity contribution in [3.63, 3.8) is 0 Å². The van der Waals surface area contributed by atoms with Gasteiger partial charge in [-0.3, -0.25) is 4.90 Å². The third-order valence-corrected chi connectivity index (χ3v) is 3.35. The van der Waals surface area contributed by atoms with Gasteiger partial charge >= 0.3 is 12.1 Å². The molecule has 1 unspecified atom stereocenters. The molecule has 3 N–H and O–H groups in total. The zero-order chi connectivity index (χ0) is 18.0. The third kappa shape index (κ3) is 4.06. The zero-order valence-corrected chi connectivity index (χ0v) is 14.0. The van der Waals surface area contributed by atoms with E-state index in [-0.39, 0.29) is 23.6 Å². The number of ether oxygens (including phenoxy) is 1. The predicted molar refractivity (Wildman–Crippen MR) is 83.4 cm³/mol. The van der Waals surface area contributed by atoms with Gasteiger partial charge in [-0.25, -0.2) is 9.59 Å². The summed E-state index contributed by atoms with van der Waals surface area (Å²) in [4.78, 5) is 25.3. The van der Waals surface area contributed by atoms with Crippen LogP contribution in [0.1, 0.15) is 40.2 Å². The molecule has 1 aromatic rings. The molecule has 7 nitrogen and oxygen atoms in total. The number of aromatic hydroxyl groups is 2. The molecule has 128 valence electrons. The molecule has 0 spiro atoms. The summed E-state index contributed by atoms with van der Waals surface area (Å²) in [6.45, 7) is 8.03. The Kier molecular flexibility index (Phi) is 5.14. The van der Waals surface area contributed by atoms with E-state index in [4.69, 9.17) is 4.74 Å². The standard InChI is InChI=1S/C16H23NO6/c1-6-17(14(22)23-15(2,3)4)16(5,13(20)21)10-7-11(18)9-12(19)8-10/h7-9,18-19H,6H2,1-5H3,(H,20,21). The number of likely N-dealkylation sites (N-methyl/N-ethyl adjacent to an activating group) is 1. The molecular formula is C16H23NO6. The Bertz CT molecular complexity index is 587. The Morgan fingerprint density at radius 2 is 1.57 bits per heavy atom. The molecule has 1 amide bonds.